The lowest BCUT2D eigenvalue weighted by Crippen LogP contribution is -2.16. The third-order valence-corrected chi connectivity index (χ3v) is 6.07. The largest absolute Gasteiger partial charge is 0.492 e. The van der Waals surface area contributed by atoms with E-state index in [9.17, 15) is 4.57 Å². The van der Waals surface area contributed by atoms with Crippen LogP contribution < -0.4 is 26.0 Å². The van der Waals surface area contributed by atoms with Gasteiger partial charge in [0.15, 0.2) is 0 Å². The van der Waals surface area contributed by atoms with Crippen LogP contribution in [0.4, 0.5) is 23.0 Å². The summed E-state index contributed by atoms with van der Waals surface area (Å²) in [5, 5.41) is 10.7. The lowest BCUT2D eigenvalue weighted by atomic mass is 10.3. The Hall–Kier alpha value is -2.60. The van der Waals surface area contributed by atoms with E-state index >= 15 is 0 Å². The number of ether oxygens (including phenoxy) is 1. The van der Waals surface area contributed by atoms with Gasteiger partial charge in [-0.2, -0.15) is 0 Å². The van der Waals surface area contributed by atoms with Crippen molar-refractivity contribution in [2.75, 3.05) is 44.2 Å². The van der Waals surface area contributed by atoms with E-state index in [4.69, 9.17) is 16.3 Å². The fraction of sp³-hybridized carbons (Fsp3) is 0.238. The van der Waals surface area contributed by atoms with Crippen LogP contribution in [0.3, 0.4) is 0 Å². The molecule has 0 unspecified atom stereocenters. The molecule has 158 valence electrons. The third-order valence-electron chi connectivity index (χ3n) is 4.22. The summed E-state index contributed by atoms with van der Waals surface area (Å²) in [6.07, 6.45) is 3.22. The lowest BCUT2D eigenvalue weighted by Gasteiger charge is -2.16. The van der Waals surface area contributed by atoms with Gasteiger partial charge in [0.25, 0.3) is 0 Å². The summed E-state index contributed by atoms with van der Waals surface area (Å²) in [5.74, 6) is 1.88. The Labute approximate surface area is 181 Å². The minimum atomic E-state index is -2.46. The van der Waals surface area contributed by atoms with E-state index < -0.39 is 7.14 Å². The lowest BCUT2D eigenvalue weighted by molar-refractivity contribution is 0.318. The number of nitrogens with zero attached hydrogens (tertiary/aromatic N) is 2. The van der Waals surface area contributed by atoms with Crippen LogP contribution in [0.2, 0.25) is 5.02 Å². The first-order valence-corrected chi connectivity index (χ1v) is 12.4. The molecule has 0 fully saturated rings. The van der Waals surface area contributed by atoms with Gasteiger partial charge in [0.1, 0.15) is 31.1 Å². The Bertz CT molecular complexity index is 1060. The smallest absolute Gasteiger partial charge is 0.135 e. The van der Waals surface area contributed by atoms with E-state index in [1.807, 2.05) is 31.3 Å². The highest BCUT2D eigenvalue weighted by molar-refractivity contribution is 7.70. The molecule has 0 amide bonds. The topological polar surface area (TPSA) is 88.2 Å². The van der Waals surface area contributed by atoms with Gasteiger partial charge < -0.3 is 25.3 Å². The number of hydrogen-bond donors (Lipinski definition) is 3. The summed E-state index contributed by atoms with van der Waals surface area (Å²) in [6.45, 7) is 4.80. The fourth-order valence-electron chi connectivity index (χ4n) is 2.77. The SMILES string of the molecule is CNCCOc1ccnc(Nc2cc(Nc3ccccc3P(C)(C)=O)c(Cl)cn2)c1. The predicted octanol–water partition coefficient (Wildman–Crippen LogP) is 4.46. The molecule has 0 saturated carbocycles. The second kappa shape index (κ2) is 9.94. The number of para-hydroxylation sites is 1. The van der Waals surface area contributed by atoms with Crippen molar-refractivity contribution >= 4 is 47.1 Å². The van der Waals surface area contributed by atoms with Gasteiger partial charge in [-0.3, -0.25) is 0 Å². The van der Waals surface area contributed by atoms with Crippen molar-refractivity contribution in [1.82, 2.24) is 15.3 Å². The van der Waals surface area contributed by atoms with E-state index in [2.05, 4.69) is 25.9 Å². The van der Waals surface area contributed by atoms with Gasteiger partial charge in [0.2, 0.25) is 0 Å². The zero-order valence-corrected chi connectivity index (χ0v) is 18.8. The number of halogens is 1. The maximum absolute atomic E-state index is 12.6. The van der Waals surface area contributed by atoms with Crippen LogP contribution in [0.25, 0.3) is 0 Å². The van der Waals surface area contributed by atoms with E-state index in [-0.39, 0.29) is 0 Å². The number of rotatable bonds is 9. The highest BCUT2D eigenvalue weighted by Crippen LogP contribution is 2.39. The Kier molecular flexibility index (Phi) is 7.32. The number of pyridine rings is 2. The minimum Gasteiger partial charge on any atom is -0.492 e. The fourth-order valence-corrected chi connectivity index (χ4v) is 4.07. The normalized spacial score (nSPS) is 11.2. The number of hydrogen-bond acceptors (Lipinski definition) is 7. The average molecular weight is 446 g/mol. The molecule has 0 atom stereocenters. The number of aromatic nitrogens is 2. The maximum Gasteiger partial charge on any atom is 0.135 e. The van der Waals surface area contributed by atoms with Gasteiger partial charge in [0.05, 0.1) is 16.9 Å². The van der Waals surface area contributed by atoms with Crippen LogP contribution in [0.15, 0.2) is 54.9 Å². The van der Waals surface area contributed by atoms with Crippen LogP contribution in [-0.4, -0.2) is 43.5 Å². The quantitative estimate of drug-likeness (QED) is 0.331. The molecule has 2 heterocycles. The maximum atomic E-state index is 12.6. The molecule has 0 saturated heterocycles. The molecule has 0 aliphatic rings. The molecule has 0 aliphatic heterocycles. The first-order chi connectivity index (χ1) is 14.4. The van der Waals surface area contributed by atoms with E-state index in [1.165, 1.54) is 0 Å². The number of likely N-dealkylation sites (N-methyl/N-ethyl adjacent to an activating group) is 1. The van der Waals surface area contributed by atoms with Gasteiger partial charge in [-0.25, -0.2) is 9.97 Å². The molecule has 3 rings (SSSR count). The standard InChI is InChI=1S/C21H25ClN5O2P/c1-23-10-11-29-15-8-9-24-20(12-15)27-21-13-18(16(22)14-25-21)26-17-6-4-5-7-19(17)30(2,3)28/h4-9,12-14,23H,10-11H2,1-3H3,(H2,24,25,26,27). The summed E-state index contributed by atoms with van der Waals surface area (Å²) >= 11 is 6.35. The summed E-state index contributed by atoms with van der Waals surface area (Å²) in [4.78, 5) is 8.63. The van der Waals surface area contributed by atoms with Gasteiger partial charge in [-0.1, -0.05) is 23.7 Å². The molecule has 9 heteroatoms. The van der Waals surface area contributed by atoms with Crippen molar-refractivity contribution in [3.05, 3.63) is 59.9 Å². The summed E-state index contributed by atoms with van der Waals surface area (Å²) in [5.41, 5.74) is 1.40. The first kappa shape index (κ1) is 22.1. The highest BCUT2D eigenvalue weighted by atomic mass is 35.5. The second-order valence-electron chi connectivity index (χ2n) is 7.00. The van der Waals surface area contributed by atoms with Crippen molar-refractivity contribution in [3.8, 4) is 5.75 Å². The minimum absolute atomic E-state index is 0.453. The predicted molar refractivity (Wildman–Crippen MR) is 125 cm³/mol. The summed E-state index contributed by atoms with van der Waals surface area (Å²) in [7, 11) is -0.583. The summed E-state index contributed by atoms with van der Waals surface area (Å²) in [6, 6.07) is 12.9. The van der Waals surface area contributed by atoms with E-state index in [0.29, 0.717) is 34.7 Å². The molecule has 0 spiro atoms. The second-order valence-corrected chi connectivity index (χ2v) is 10.6. The Balaban J connectivity index is 1.80. The molecule has 3 aromatic rings. The molecule has 1 aromatic carbocycles. The van der Waals surface area contributed by atoms with Gasteiger partial charge in [0, 0.05) is 35.9 Å². The van der Waals surface area contributed by atoms with Crippen molar-refractivity contribution in [2.45, 2.75) is 0 Å². The molecule has 0 bridgehead atoms. The molecule has 2 aromatic heterocycles. The van der Waals surface area contributed by atoms with E-state index in [0.717, 1.165) is 17.5 Å². The zero-order chi connectivity index (χ0) is 21.6. The van der Waals surface area contributed by atoms with Crippen molar-refractivity contribution in [2.24, 2.45) is 0 Å². The Morgan fingerprint density at radius 2 is 1.80 bits per heavy atom. The number of anilines is 4. The molecule has 7 nitrogen and oxygen atoms in total. The molecular weight excluding hydrogens is 421 g/mol. The van der Waals surface area contributed by atoms with Crippen LogP contribution in [-0.2, 0) is 4.57 Å². The summed E-state index contributed by atoms with van der Waals surface area (Å²) < 4.78 is 18.3. The molecular formula is C21H25ClN5O2P. The number of nitrogens with one attached hydrogen (secondary N) is 3. The van der Waals surface area contributed by atoms with Crippen molar-refractivity contribution in [1.29, 1.82) is 0 Å². The van der Waals surface area contributed by atoms with Gasteiger partial charge >= 0.3 is 0 Å². The van der Waals surface area contributed by atoms with Crippen molar-refractivity contribution < 1.29 is 9.30 Å². The van der Waals surface area contributed by atoms with Crippen LogP contribution in [0.5, 0.6) is 5.75 Å². The molecule has 0 aliphatic carbocycles. The van der Waals surface area contributed by atoms with Crippen LogP contribution >= 0.6 is 18.7 Å². The van der Waals surface area contributed by atoms with Gasteiger partial charge in [-0.15, -0.1) is 0 Å². The zero-order valence-electron chi connectivity index (χ0n) is 17.1. The first-order valence-electron chi connectivity index (χ1n) is 9.44. The third kappa shape index (κ3) is 5.95. The van der Waals surface area contributed by atoms with E-state index in [1.54, 1.807) is 43.9 Å². The molecule has 0 radical (unpaired) electrons. The van der Waals surface area contributed by atoms with Crippen LogP contribution in [0, 0.1) is 0 Å². The monoisotopic (exact) mass is 445 g/mol. The number of benzene rings is 1. The molecule has 3 N–H and O–H groups in total. The van der Waals surface area contributed by atoms with Crippen LogP contribution in [0.1, 0.15) is 0 Å². The van der Waals surface area contributed by atoms with Gasteiger partial charge in [-0.05, 0) is 38.6 Å². The highest BCUT2D eigenvalue weighted by Gasteiger charge is 2.16. The van der Waals surface area contributed by atoms with Crippen molar-refractivity contribution in [3.63, 3.8) is 0 Å². The average Bonchev–Trinajstić information content (AvgIpc) is 2.71. The Morgan fingerprint density at radius 1 is 1.03 bits per heavy atom. The Morgan fingerprint density at radius 3 is 2.57 bits per heavy atom. The molecule has 30 heavy (non-hydrogen) atoms.